The standard InChI is InChI=1S/C16H14FN3O3S2/c1-20(2)25(22,23)12-6-3-10(4-7-12)15(21)19-16-18-13-8-5-11(17)9-14(13)24-16/h3-9H,1-2H3,(H,18,19,21). The number of nitrogens with zero attached hydrogens (tertiary/aromatic N) is 2. The van der Waals surface area contributed by atoms with E-state index in [1.165, 1.54) is 56.6 Å². The van der Waals surface area contributed by atoms with Crippen LogP contribution in [0, 0.1) is 5.82 Å². The van der Waals surface area contributed by atoms with E-state index >= 15 is 0 Å². The smallest absolute Gasteiger partial charge is 0.257 e. The van der Waals surface area contributed by atoms with Crippen molar-refractivity contribution in [2.45, 2.75) is 4.90 Å². The molecule has 130 valence electrons. The van der Waals surface area contributed by atoms with Gasteiger partial charge >= 0.3 is 0 Å². The molecule has 0 saturated heterocycles. The lowest BCUT2D eigenvalue weighted by Crippen LogP contribution is -2.22. The van der Waals surface area contributed by atoms with Crippen molar-refractivity contribution >= 4 is 42.6 Å². The van der Waals surface area contributed by atoms with Gasteiger partial charge in [0.15, 0.2) is 5.13 Å². The molecule has 1 aromatic heterocycles. The summed E-state index contributed by atoms with van der Waals surface area (Å²) < 4.78 is 39.0. The fourth-order valence-electron chi connectivity index (χ4n) is 2.11. The largest absolute Gasteiger partial charge is 0.298 e. The van der Waals surface area contributed by atoms with Crippen LogP contribution in [-0.4, -0.2) is 37.7 Å². The molecule has 6 nitrogen and oxygen atoms in total. The molecule has 0 saturated carbocycles. The molecule has 9 heteroatoms. The van der Waals surface area contributed by atoms with Crippen LogP contribution >= 0.6 is 11.3 Å². The van der Waals surface area contributed by atoms with Crippen molar-refractivity contribution in [3.8, 4) is 0 Å². The maximum absolute atomic E-state index is 13.2. The number of hydrogen-bond acceptors (Lipinski definition) is 5. The zero-order valence-electron chi connectivity index (χ0n) is 13.4. The number of thiazole rings is 1. The molecule has 25 heavy (non-hydrogen) atoms. The number of carbonyl (C=O) groups is 1. The molecule has 3 rings (SSSR count). The van der Waals surface area contributed by atoms with E-state index in [0.717, 1.165) is 15.6 Å². The molecule has 0 aliphatic carbocycles. The third-order valence-electron chi connectivity index (χ3n) is 3.47. The summed E-state index contributed by atoms with van der Waals surface area (Å²) in [6, 6.07) is 9.80. The first-order valence-corrected chi connectivity index (χ1v) is 9.43. The minimum atomic E-state index is -3.54. The Morgan fingerprint density at radius 3 is 2.48 bits per heavy atom. The lowest BCUT2D eigenvalue weighted by Gasteiger charge is -2.11. The average Bonchev–Trinajstić information content (AvgIpc) is 2.96. The van der Waals surface area contributed by atoms with Gasteiger partial charge in [-0.2, -0.15) is 0 Å². The summed E-state index contributed by atoms with van der Waals surface area (Å²) >= 11 is 1.16. The van der Waals surface area contributed by atoms with Crippen molar-refractivity contribution in [3.05, 3.63) is 53.8 Å². The quantitative estimate of drug-likeness (QED) is 0.756. The Morgan fingerprint density at radius 1 is 1.16 bits per heavy atom. The third kappa shape index (κ3) is 3.53. The van der Waals surface area contributed by atoms with Crippen LogP contribution < -0.4 is 5.32 Å². The second kappa shape index (κ2) is 6.51. The lowest BCUT2D eigenvalue weighted by atomic mass is 10.2. The van der Waals surface area contributed by atoms with E-state index in [1.807, 2.05) is 0 Å². The summed E-state index contributed by atoms with van der Waals surface area (Å²) in [5.74, 6) is -0.792. The molecule has 0 aliphatic heterocycles. The van der Waals surface area contributed by atoms with E-state index in [4.69, 9.17) is 0 Å². The first kappa shape index (κ1) is 17.5. The van der Waals surface area contributed by atoms with Crippen LogP contribution in [-0.2, 0) is 10.0 Å². The molecule has 3 aromatic rings. The highest BCUT2D eigenvalue weighted by atomic mass is 32.2. The highest BCUT2D eigenvalue weighted by Crippen LogP contribution is 2.27. The fourth-order valence-corrected chi connectivity index (χ4v) is 3.90. The number of benzene rings is 2. The maximum Gasteiger partial charge on any atom is 0.257 e. The molecule has 1 N–H and O–H groups in total. The number of halogens is 1. The number of aromatic nitrogens is 1. The van der Waals surface area contributed by atoms with Crippen LogP contribution in [0.3, 0.4) is 0 Å². The summed E-state index contributed by atoms with van der Waals surface area (Å²) in [5, 5.41) is 2.98. The minimum Gasteiger partial charge on any atom is -0.298 e. The van der Waals surface area contributed by atoms with E-state index in [9.17, 15) is 17.6 Å². The number of carbonyl (C=O) groups excluding carboxylic acids is 1. The molecule has 0 radical (unpaired) electrons. The van der Waals surface area contributed by atoms with E-state index in [0.29, 0.717) is 20.9 Å². The summed E-state index contributed by atoms with van der Waals surface area (Å²) in [6.45, 7) is 0. The van der Waals surface area contributed by atoms with Crippen LogP contribution in [0.15, 0.2) is 47.4 Å². The number of amides is 1. The molecular weight excluding hydrogens is 365 g/mol. The summed E-state index contributed by atoms with van der Waals surface area (Å²) in [6.07, 6.45) is 0. The zero-order chi connectivity index (χ0) is 18.2. The van der Waals surface area contributed by atoms with Crippen LogP contribution in [0.4, 0.5) is 9.52 Å². The fraction of sp³-hybridized carbons (Fsp3) is 0.125. The minimum absolute atomic E-state index is 0.101. The van der Waals surface area contributed by atoms with Crippen molar-refractivity contribution < 1.29 is 17.6 Å². The van der Waals surface area contributed by atoms with E-state index < -0.39 is 15.9 Å². The first-order valence-electron chi connectivity index (χ1n) is 7.17. The van der Waals surface area contributed by atoms with E-state index in [2.05, 4.69) is 10.3 Å². The Morgan fingerprint density at radius 2 is 1.84 bits per heavy atom. The molecule has 1 heterocycles. The SMILES string of the molecule is CN(C)S(=O)(=O)c1ccc(C(=O)Nc2nc3ccc(F)cc3s2)cc1. The average molecular weight is 379 g/mol. The predicted molar refractivity (Wildman–Crippen MR) is 94.8 cm³/mol. The monoisotopic (exact) mass is 379 g/mol. The Kier molecular flexibility index (Phi) is 4.55. The van der Waals surface area contributed by atoms with Gasteiger partial charge in [-0.1, -0.05) is 11.3 Å². The topological polar surface area (TPSA) is 79.4 Å². The zero-order valence-corrected chi connectivity index (χ0v) is 15.0. The number of sulfonamides is 1. The maximum atomic E-state index is 13.2. The van der Waals surface area contributed by atoms with Crippen LogP contribution in [0.25, 0.3) is 10.2 Å². The van der Waals surface area contributed by atoms with Crippen LogP contribution in [0.2, 0.25) is 0 Å². The number of nitrogens with one attached hydrogen (secondary N) is 1. The van der Waals surface area contributed by atoms with Crippen molar-refractivity contribution in [1.82, 2.24) is 9.29 Å². The van der Waals surface area contributed by atoms with Crippen LogP contribution in [0.1, 0.15) is 10.4 Å². The second-order valence-corrected chi connectivity index (χ2v) is 8.58. The normalized spacial score (nSPS) is 11.8. The van der Waals surface area contributed by atoms with Crippen LogP contribution in [0.5, 0.6) is 0 Å². The summed E-state index contributed by atoms with van der Waals surface area (Å²) in [4.78, 5) is 16.6. The van der Waals surface area contributed by atoms with Crippen molar-refractivity contribution in [2.75, 3.05) is 19.4 Å². The van der Waals surface area contributed by atoms with E-state index in [1.54, 1.807) is 0 Å². The van der Waals surface area contributed by atoms with Crippen molar-refractivity contribution in [2.24, 2.45) is 0 Å². The molecular formula is C16H14FN3O3S2. The number of anilines is 1. The Hall–Kier alpha value is -2.36. The highest BCUT2D eigenvalue weighted by molar-refractivity contribution is 7.89. The predicted octanol–water partition coefficient (Wildman–Crippen LogP) is 2.94. The second-order valence-electron chi connectivity index (χ2n) is 5.40. The van der Waals surface area contributed by atoms with Gasteiger partial charge in [0, 0.05) is 19.7 Å². The highest BCUT2D eigenvalue weighted by Gasteiger charge is 2.18. The van der Waals surface area contributed by atoms with E-state index in [-0.39, 0.29) is 10.7 Å². The Bertz CT molecular complexity index is 1040. The van der Waals surface area contributed by atoms with Gasteiger partial charge in [-0.25, -0.2) is 22.1 Å². The van der Waals surface area contributed by atoms with Gasteiger partial charge in [0.2, 0.25) is 10.0 Å². The van der Waals surface area contributed by atoms with Gasteiger partial charge in [0.25, 0.3) is 5.91 Å². The van der Waals surface area contributed by atoms with Gasteiger partial charge in [0.1, 0.15) is 5.82 Å². The first-order chi connectivity index (χ1) is 11.8. The molecule has 0 atom stereocenters. The van der Waals surface area contributed by atoms with Gasteiger partial charge in [-0.3, -0.25) is 10.1 Å². The number of rotatable bonds is 4. The lowest BCUT2D eigenvalue weighted by molar-refractivity contribution is 0.102. The Labute approximate surface area is 148 Å². The molecule has 0 unspecified atom stereocenters. The molecule has 0 spiro atoms. The van der Waals surface area contributed by atoms with Gasteiger partial charge in [0.05, 0.1) is 15.1 Å². The molecule has 0 fully saturated rings. The molecule has 2 aromatic carbocycles. The molecule has 1 amide bonds. The molecule has 0 aliphatic rings. The number of fused-ring (bicyclic) bond motifs is 1. The number of hydrogen-bond donors (Lipinski definition) is 1. The summed E-state index contributed by atoms with van der Waals surface area (Å²) in [5.41, 5.74) is 0.886. The van der Waals surface area contributed by atoms with Crippen molar-refractivity contribution in [3.63, 3.8) is 0 Å². The third-order valence-corrected chi connectivity index (χ3v) is 6.23. The molecule has 0 bridgehead atoms. The Balaban J connectivity index is 1.81. The summed E-state index contributed by atoms with van der Waals surface area (Å²) in [7, 11) is -0.671. The van der Waals surface area contributed by atoms with Gasteiger partial charge in [-0.15, -0.1) is 0 Å². The van der Waals surface area contributed by atoms with Gasteiger partial charge in [-0.05, 0) is 42.5 Å². The van der Waals surface area contributed by atoms with Gasteiger partial charge < -0.3 is 0 Å². The van der Waals surface area contributed by atoms with Crippen molar-refractivity contribution in [1.29, 1.82) is 0 Å².